The minimum atomic E-state index is -0.409. The van der Waals surface area contributed by atoms with Crippen LogP contribution in [0.1, 0.15) is 39.5 Å². The Morgan fingerprint density at radius 3 is 2.59 bits per heavy atom. The van der Waals surface area contributed by atoms with Crippen LogP contribution in [0, 0.1) is 17.3 Å². The van der Waals surface area contributed by atoms with Gasteiger partial charge in [-0.3, -0.25) is 4.79 Å². The number of nitrogens with two attached hydrogens (primary N) is 1. The number of fused-ring (bicyclic) bond motifs is 1. The average Bonchev–Trinajstić information content (AvgIpc) is 2.52. The second kappa shape index (κ2) is 7.04. The van der Waals surface area contributed by atoms with Crippen molar-refractivity contribution in [1.82, 2.24) is 5.32 Å². The van der Waals surface area contributed by atoms with Gasteiger partial charge in [-0.1, -0.05) is 13.8 Å². The molecule has 0 spiro atoms. The monoisotopic (exact) mass is 332 g/mol. The van der Waals surface area contributed by atoms with Gasteiger partial charge in [0.2, 0.25) is 5.91 Å². The summed E-state index contributed by atoms with van der Waals surface area (Å²) in [5.74, 6) is 0.712. The van der Waals surface area contributed by atoms with Crippen LogP contribution in [0.4, 0.5) is 0 Å². The molecule has 0 aromatic rings. The van der Waals surface area contributed by atoms with E-state index in [1.807, 2.05) is 0 Å². The van der Waals surface area contributed by atoms with E-state index in [-0.39, 0.29) is 41.8 Å². The van der Waals surface area contributed by atoms with E-state index in [0.717, 1.165) is 45.5 Å². The highest BCUT2D eigenvalue weighted by Gasteiger charge is 2.58. The van der Waals surface area contributed by atoms with Crippen molar-refractivity contribution in [3.63, 3.8) is 0 Å². The van der Waals surface area contributed by atoms with Crippen LogP contribution in [-0.4, -0.2) is 43.9 Å². The predicted molar refractivity (Wildman–Crippen MR) is 86.9 cm³/mol. The van der Waals surface area contributed by atoms with Crippen LogP contribution in [0.15, 0.2) is 0 Å². The maximum Gasteiger partial charge on any atom is 0.237 e. The lowest BCUT2D eigenvalue weighted by molar-refractivity contribution is -0.194. The number of ether oxygens (including phenoxy) is 2. The van der Waals surface area contributed by atoms with Crippen molar-refractivity contribution in [2.45, 2.75) is 57.7 Å². The number of hydrogen-bond acceptors (Lipinski definition) is 4. The number of nitrogens with one attached hydrogen (secondary N) is 1. The molecule has 3 N–H and O–H groups in total. The van der Waals surface area contributed by atoms with Crippen LogP contribution in [0.25, 0.3) is 0 Å². The second-order valence-electron chi connectivity index (χ2n) is 7.38. The van der Waals surface area contributed by atoms with Crippen LogP contribution in [-0.2, 0) is 14.3 Å². The van der Waals surface area contributed by atoms with Gasteiger partial charge in [-0.05, 0) is 31.6 Å². The molecular formula is C16H29ClN2O3. The van der Waals surface area contributed by atoms with Crippen molar-refractivity contribution in [2.75, 3.05) is 19.8 Å². The SMILES string of the molecule is CC1(C)C(NC(=O)C(N)C2CCOCC2)C2CCCOC21.Cl. The highest BCUT2D eigenvalue weighted by atomic mass is 35.5. The molecule has 4 atom stereocenters. The summed E-state index contributed by atoms with van der Waals surface area (Å²) >= 11 is 0. The second-order valence-corrected chi connectivity index (χ2v) is 7.38. The summed E-state index contributed by atoms with van der Waals surface area (Å²) in [4.78, 5) is 12.5. The molecule has 1 amide bonds. The summed E-state index contributed by atoms with van der Waals surface area (Å²) in [7, 11) is 0. The van der Waals surface area contributed by atoms with Gasteiger partial charge in [0.1, 0.15) is 0 Å². The lowest BCUT2D eigenvalue weighted by Crippen LogP contribution is -2.71. The fourth-order valence-electron chi connectivity index (χ4n) is 4.35. The first-order valence-corrected chi connectivity index (χ1v) is 8.27. The van der Waals surface area contributed by atoms with Crippen LogP contribution in [0.3, 0.4) is 0 Å². The molecule has 22 heavy (non-hydrogen) atoms. The van der Waals surface area contributed by atoms with Crippen molar-refractivity contribution in [1.29, 1.82) is 0 Å². The van der Waals surface area contributed by atoms with Crippen molar-refractivity contribution >= 4 is 18.3 Å². The molecular weight excluding hydrogens is 304 g/mol. The van der Waals surface area contributed by atoms with Crippen molar-refractivity contribution < 1.29 is 14.3 Å². The maximum atomic E-state index is 12.5. The van der Waals surface area contributed by atoms with Crippen molar-refractivity contribution in [3.05, 3.63) is 0 Å². The minimum Gasteiger partial charge on any atom is -0.381 e. The topological polar surface area (TPSA) is 73.6 Å². The van der Waals surface area contributed by atoms with Gasteiger partial charge in [-0.2, -0.15) is 0 Å². The number of hydrogen-bond donors (Lipinski definition) is 2. The lowest BCUT2D eigenvalue weighted by atomic mass is 9.55. The summed E-state index contributed by atoms with van der Waals surface area (Å²) < 4.78 is 11.2. The first-order valence-electron chi connectivity index (χ1n) is 8.27. The average molecular weight is 333 g/mol. The Labute approximate surface area is 139 Å². The molecule has 2 aliphatic heterocycles. The fourth-order valence-corrected chi connectivity index (χ4v) is 4.35. The predicted octanol–water partition coefficient (Wildman–Crippen LogP) is 1.48. The molecule has 1 saturated carbocycles. The molecule has 0 radical (unpaired) electrons. The zero-order chi connectivity index (χ0) is 15.0. The molecule has 3 rings (SSSR count). The molecule has 6 heteroatoms. The first-order chi connectivity index (χ1) is 10.0. The number of halogens is 1. The molecule has 4 unspecified atom stereocenters. The van der Waals surface area contributed by atoms with Gasteiger partial charge in [-0.15, -0.1) is 12.4 Å². The Kier molecular flexibility index (Phi) is 5.75. The van der Waals surface area contributed by atoms with E-state index in [2.05, 4.69) is 19.2 Å². The fraction of sp³-hybridized carbons (Fsp3) is 0.938. The Hall–Kier alpha value is -0.360. The highest BCUT2D eigenvalue weighted by Crippen LogP contribution is 2.51. The van der Waals surface area contributed by atoms with Gasteiger partial charge < -0.3 is 20.5 Å². The normalized spacial score (nSPS) is 35.5. The van der Waals surface area contributed by atoms with Crippen molar-refractivity contribution in [3.8, 4) is 0 Å². The zero-order valence-electron chi connectivity index (χ0n) is 13.5. The number of rotatable bonds is 3. The molecule has 0 aromatic carbocycles. The van der Waals surface area contributed by atoms with E-state index in [1.54, 1.807) is 0 Å². The summed E-state index contributed by atoms with van der Waals surface area (Å²) in [6, 6.07) is -0.213. The van der Waals surface area contributed by atoms with Gasteiger partial charge in [0.25, 0.3) is 0 Å². The quantitative estimate of drug-likeness (QED) is 0.821. The Bertz CT molecular complexity index is 399. The van der Waals surface area contributed by atoms with Crippen LogP contribution >= 0.6 is 12.4 Å². The Morgan fingerprint density at radius 1 is 1.23 bits per heavy atom. The summed E-state index contributed by atoms with van der Waals surface area (Å²) in [5.41, 5.74) is 6.19. The van der Waals surface area contributed by atoms with Gasteiger partial charge >= 0.3 is 0 Å². The third-order valence-electron chi connectivity index (χ3n) is 5.71. The van der Waals surface area contributed by atoms with Crippen LogP contribution < -0.4 is 11.1 Å². The molecule has 2 heterocycles. The summed E-state index contributed by atoms with van der Waals surface area (Å²) in [5, 5.41) is 3.22. The van der Waals surface area contributed by atoms with Gasteiger partial charge in [0.05, 0.1) is 12.1 Å². The number of carbonyl (C=O) groups excluding carboxylic acids is 1. The Balaban J connectivity index is 0.00000176. The summed E-state index contributed by atoms with van der Waals surface area (Å²) in [6.45, 7) is 6.67. The first kappa shape index (κ1) is 18.0. The van der Waals surface area contributed by atoms with E-state index >= 15 is 0 Å². The van der Waals surface area contributed by atoms with Gasteiger partial charge in [0, 0.05) is 37.2 Å². The smallest absolute Gasteiger partial charge is 0.237 e. The van der Waals surface area contributed by atoms with E-state index in [9.17, 15) is 4.79 Å². The van der Waals surface area contributed by atoms with Crippen molar-refractivity contribution in [2.24, 2.45) is 23.0 Å². The molecule has 1 aliphatic carbocycles. The largest absolute Gasteiger partial charge is 0.381 e. The highest BCUT2D eigenvalue weighted by molar-refractivity contribution is 5.85. The minimum absolute atomic E-state index is 0. The van der Waals surface area contributed by atoms with E-state index < -0.39 is 6.04 Å². The Morgan fingerprint density at radius 2 is 1.91 bits per heavy atom. The molecule has 3 fully saturated rings. The molecule has 0 bridgehead atoms. The number of amides is 1. The van der Waals surface area contributed by atoms with E-state index in [4.69, 9.17) is 15.2 Å². The van der Waals surface area contributed by atoms with E-state index in [1.165, 1.54) is 0 Å². The third-order valence-corrected chi connectivity index (χ3v) is 5.71. The standard InChI is InChI=1S/C16H28N2O3.ClH/c1-16(2)13(11-4-3-7-21-14(11)16)18-15(19)12(17)10-5-8-20-9-6-10;/h10-14H,3-9,17H2,1-2H3,(H,18,19);1H. The maximum absolute atomic E-state index is 12.5. The lowest BCUT2D eigenvalue weighted by Gasteiger charge is -2.60. The molecule has 3 aliphatic rings. The van der Waals surface area contributed by atoms with Crippen LogP contribution in [0.2, 0.25) is 0 Å². The zero-order valence-corrected chi connectivity index (χ0v) is 14.4. The van der Waals surface area contributed by atoms with E-state index in [0.29, 0.717) is 5.92 Å². The molecule has 0 aromatic heterocycles. The molecule has 2 saturated heterocycles. The van der Waals surface area contributed by atoms with Crippen LogP contribution in [0.5, 0.6) is 0 Å². The molecule has 128 valence electrons. The van der Waals surface area contributed by atoms with Gasteiger partial charge in [-0.25, -0.2) is 0 Å². The third kappa shape index (κ3) is 3.14. The molecule has 5 nitrogen and oxygen atoms in total. The number of carbonyl (C=O) groups is 1. The van der Waals surface area contributed by atoms with Gasteiger partial charge in [0.15, 0.2) is 0 Å². The summed E-state index contributed by atoms with van der Waals surface area (Å²) in [6.07, 6.45) is 4.30.